The Morgan fingerprint density at radius 3 is 2.75 bits per heavy atom. The smallest absolute Gasteiger partial charge is 0.278 e. The number of nitrogens with two attached hydrogens (primary N) is 1. The standard InChI is InChI=1S/C15H20N6O2S/c1-8-10(3)24-15-12(8)13(18-11(19-15)4-5-16)17-6-7-22-14-9(2)20-23-21-14/h4-7,16H2,1-3H3,(H,17,18,19). The molecule has 8 nitrogen and oxygen atoms in total. The van der Waals surface area contributed by atoms with Gasteiger partial charge >= 0.3 is 0 Å². The van der Waals surface area contributed by atoms with E-state index in [9.17, 15) is 0 Å². The fourth-order valence-electron chi connectivity index (χ4n) is 2.33. The van der Waals surface area contributed by atoms with Crippen molar-refractivity contribution in [1.29, 1.82) is 0 Å². The van der Waals surface area contributed by atoms with Gasteiger partial charge in [-0.2, -0.15) is 0 Å². The van der Waals surface area contributed by atoms with Crippen molar-refractivity contribution in [3.05, 3.63) is 22.0 Å². The summed E-state index contributed by atoms with van der Waals surface area (Å²) in [5, 5.41) is 11.8. The third-order valence-electron chi connectivity index (χ3n) is 3.69. The molecule has 0 saturated heterocycles. The molecule has 0 unspecified atom stereocenters. The number of ether oxygens (including phenoxy) is 1. The van der Waals surface area contributed by atoms with Crippen LogP contribution in [0.1, 0.15) is 22.0 Å². The second kappa shape index (κ2) is 7.10. The Kier molecular flexibility index (Phi) is 4.91. The number of aromatic nitrogens is 4. The van der Waals surface area contributed by atoms with Crippen LogP contribution in [0.4, 0.5) is 5.82 Å². The third-order valence-corrected chi connectivity index (χ3v) is 4.79. The molecule has 0 aliphatic rings. The second-order valence-corrected chi connectivity index (χ2v) is 6.62. The first-order chi connectivity index (χ1) is 11.6. The number of fused-ring (bicyclic) bond motifs is 1. The minimum Gasteiger partial charge on any atom is -0.472 e. The van der Waals surface area contributed by atoms with Crippen molar-refractivity contribution in [3.8, 4) is 5.88 Å². The Morgan fingerprint density at radius 2 is 2.04 bits per heavy atom. The number of anilines is 1. The lowest BCUT2D eigenvalue weighted by Gasteiger charge is -2.09. The highest BCUT2D eigenvalue weighted by Gasteiger charge is 2.14. The molecule has 3 heterocycles. The van der Waals surface area contributed by atoms with Gasteiger partial charge in [-0.1, -0.05) is 5.16 Å². The minimum atomic E-state index is 0.413. The van der Waals surface area contributed by atoms with E-state index < -0.39 is 0 Å². The van der Waals surface area contributed by atoms with Crippen molar-refractivity contribution in [2.75, 3.05) is 25.0 Å². The summed E-state index contributed by atoms with van der Waals surface area (Å²) in [6.07, 6.45) is 0.654. The number of rotatable bonds is 7. The number of hydrogen-bond acceptors (Lipinski definition) is 9. The van der Waals surface area contributed by atoms with E-state index in [1.54, 1.807) is 18.3 Å². The average molecular weight is 348 g/mol. The molecule has 0 aromatic carbocycles. The first kappa shape index (κ1) is 16.6. The van der Waals surface area contributed by atoms with E-state index in [1.807, 2.05) is 0 Å². The maximum absolute atomic E-state index is 5.64. The van der Waals surface area contributed by atoms with Crippen LogP contribution >= 0.6 is 11.3 Å². The summed E-state index contributed by atoms with van der Waals surface area (Å²) in [5.41, 5.74) is 7.48. The highest BCUT2D eigenvalue weighted by Crippen LogP contribution is 2.33. The van der Waals surface area contributed by atoms with Crippen LogP contribution in [-0.2, 0) is 6.42 Å². The van der Waals surface area contributed by atoms with E-state index >= 15 is 0 Å². The van der Waals surface area contributed by atoms with E-state index in [4.69, 9.17) is 10.5 Å². The zero-order chi connectivity index (χ0) is 17.1. The van der Waals surface area contributed by atoms with E-state index in [-0.39, 0.29) is 0 Å². The van der Waals surface area contributed by atoms with Crippen LogP contribution < -0.4 is 15.8 Å². The topological polar surface area (TPSA) is 112 Å². The van der Waals surface area contributed by atoms with E-state index in [1.165, 1.54) is 10.4 Å². The van der Waals surface area contributed by atoms with Crippen LogP contribution in [0.5, 0.6) is 5.88 Å². The summed E-state index contributed by atoms with van der Waals surface area (Å²) in [6.45, 7) is 7.49. The Bertz CT molecular complexity index is 844. The zero-order valence-electron chi connectivity index (χ0n) is 13.9. The van der Waals surface area contributed by atoms with Gasteiger partial charge < -0.3 is 15.8 Å². The first-order valence-corrected chi connectivity index (χ1v) is 8.54. The number of aryl methyl sites for hydroxylation is 3. The molecule has 0 amide bonds. The molecule has 0 atom stereocenters. The molecule has 0 aliphatic heterocycles. The molecule has 128 valence electrons. The highest BCUT2D eigenvalue weighted by molar-refractivity contribution is 7.18. The lowest BCUT2D eigenvalue weighted by atomic mass is 10.2. The zero-order valence-corrected chi connectivity index (χ0v) is 14.7. The summed E-state index contributed by atoms with van der Waals surface area (Å²) in [6, 6.07) is 0. The second-order valence-electron chi connectivity index (χ2n) is 5.42. The molecule has 3 N–H and O–H groups in total. The molecule has 3 aromatic heterocycles. The van der Waals surface area contributed by atoms with Crippen molar-refractivity contribution in [1.82, 2.24) is 20.3 Å². The molecule has 9 heteroatoms. The van der Waals surface area contributed by atoms with Gasteiger partial charge in [0.1, 0.15) is 28.8 Å². The molecule has 24 heavy (non-hydrogen) atoms. The summed E-state index contributed by atoms with van der Waals surface area (Å²) in [4.78, 5) is 11.5. The molecular formula is C15H20N6O2S. The summed E-state index contributed by atoms with van der Waals surface area (Å²) in [5.74, 6) is 1.99. The van der Waals surface area contributed by atoms with Crippen LogP contribution in [0, 0.1) is 20.8 Å². The van der Waals surface area contributed by atoms with Crippen LogP contribution in [0.3, 0.4) is 0 Å². The van der Waals surface area contributed by atoms with E-state index in [0.29, 0.717) is 37.7 Å². The highest BCUT2D eigenvalue weighted by atomic mass is 32.1. The van der Waals surface area contributed by atoms with Gasteiger partial charge in [0, 0.05) is 11.3 Å². The Balaban J connectivity index is 1.75. The molecule has 3 rings (SSSR count). The normalized spacial score (nSPS) is 11.2. The molecule has 0 saturated carbocycles. The third kappa shape index (κ3) is 3.31. The number of nitrogens with zero attached hydrogens (tertiary/aromatic N) is 4. The van der Waals surface area contributed by atoms with Crippen LogP contribution in [-0.4, -0.2) is 40.0 Å². The van der Waals surface area contributed by atoms with Crippen molar-refractivity contribution < 1.29 is 9.37 Å². The molecule has 3 aromatic rings. The molecule has 0 aliphatic carbocycles. The summed E-state index contributed by atoms with van der Waals surface area (Å²) < 4.78 is 10.1. The number of hydrogen-bond donors (Lipinski definition) is 2. The SMILES string of the molecule is Cc1nonc1OCCNc1nc(CCN)nc2sc(C)c(C)c12. The number of thiophene rings is 1. The lowest BCUT2D eigenvalue weighted by Crippen LogP contribution is -2.15. The fraction of sp³-hybridized carbons (Fsp3) is 0.467. The number of nitrogens with one attached hydrogen (secondary N) is 1. The Morgan fingerprint density at radius 1 is 1.21 bits per heavy atom. The van der Waals surface area contributed by atoms with E-state index in [0.717, 1.165) is 21.9 Å². The molecule has 0 spiro atoms. The monoisotopic (exact) mass is 348 g/mol. The lowest BCUT2D eigenvalue weighted by molar-refractivity contribution is 0.261. The van der Waals surface area contributed by atoms with Crippen molar-refractivity contribution in [2.45, 2.75) is 27.2 Å². The maximum Gasteiger partial charge on any atom is 0.278 e. The van der Waals surface area contributed by atoms with Gasteiger partial charge in [-0.05, 0) is 38.0 Å². The molecular weight excluding hydrogens is 328 g/mol. The van der Waals surface area contributed by atoms with Gasteiger partial charge in [0.15, 0.2) is 0 Å². The molecule has 0 radical (unpaired) electrons. The van der Waals surface area contributed by atoms with Gasteiger partial charge in [-0.3, -0.25) is 0 Å². The first-order valence-electron chi connectivity index (χ1n) is 7.72. The minimum absolute atomic E-state index is 0.413. The maximum atomic E-state index is 5.64. The summed E-state index contributed by atoms with van der Waals surface area (Å²) >= 11 is 1.68. The van der Waals surface area contributed by atoms with Gasteiger partial charge in [0.05, 0.1) is 11.9 Å². The van der Waals surface area contributed by atoms with E-state index in [2.05, 4.69) is 44.1 Å². The fourth-order valence-corrected chi connectivity index (χ4v) is 3.38. The Hall–Kier alpha value is -2.26. The van der Waals surface area contributed by atoms with Gasteiger partial charge in [0.25, 0.3) is 5.88 Å². The summed E-state index contributed by atoms with van der Waals surface area (Å²) in [7, 11) is 0. The quantitative estimate of drug-likeness (QED) is 0.623. The molecule has 0 bridgehead atoms. The Labute approximate surface area is 143 Å². The average Bonchev–Trinajstić information content (AvgIpc) is 3.08. The van der Waals surface area contributed by atoms with Crippen LogP contribution in [0.15, 0.2) is 4.63 Å². The van der Waals surface area contributed by atoms with Crippen LogP contribution in [0.25, 0.3) is 10.2 Å². The van der Waals surface area contributed by atoms with Gasteiger partial charge in [-0.15, -0.1) is 11.3 Å². The van der Waals surface area contributed by atoms with Gasteiger partial charge in [0.2, 0.25) is 0 Å². The van der Waals surface area contributed by atoms with Crippen molar-refractivity contribution >= 4 is 27.4 Å². The van der Waals surface area contributed by atoms with Crippen molar-refractivity contribution in [2.24, 2.45) is 5.73 Å². The van der Waals surface area contributed by atoms with Crippen molar-refractivity contribution in [3.63, 3.8) is 0 Å². The predicted octanol–water partition coefficient (Wildman–Crippen LogP) is 1.99. The van der Waals surface area contributed by atoms with Crippen LogP contribution in [0.2, 0.25) is 0 Å². The van der Waals surface area contributed by atoms with Gasteiger partial charge in [-0.25, -0.2) is 14.6 Å². The molecule has 0 fully saturated rings. The largest absolute Gasteiger partial charge is 0.472 e. The predicted molar refractivity (Wildman–Crippen MR) is 92.7 cm³/mol.